The van der Waals surface area contributed by atoms with Crippen molar-refractivity contribution in [2.24, 2.45) is 5.92 Å². The first-order valence-corrected chi connectivity index (χ1v) is 6.57. The molecule has 4 nitrogen and oxygen atoms in total. The quantitative estimate of drug-likeness (QED) is 0.675. The van der Waals surface area contributed by atoms with E-state index in [2.05, 4.69) is 34.5 Å². The maximum atomic E-state index is 3.51. The molecule has 0 aromatic carbocycles. The van der Waals surface area contributed by atoms with Crippen LogP contribution >= 0.6 is 0 Å². The number of rotatable bonds is 3. The SMILES string of the molecule is CN(C)C1CNCCC1CN1CCNCC1. The van der Waals surface area contributed by atoms with Crippen molar-refractivity contribution >= 4 is 0 Å². The zero-order chi connectivity index (χ0) is 11.4. The molecule has 0 aromatic rings. The Hall–Kier alpha value is -0.160. The summed E-state index contributed by atoms with van der Waals surface area (Å²) in [7, 11) is 4.42. The van der Waals surface area contributed by atoms with Crippen LogP contribution in [0.1, 0.15) is 6.42 Å². The fourth-order valence-corrected chi connectivity index (χ4v) is 2.94. The molecule has 2 aliphatic heterocycles. The third-order valence-corrected chi connectivity index (χ3v) is 3.96. The molecular weight excluding hydrogens is 200 g/mol. The first kappa shape index (κ1) is 12.3. The average molecular weight is 226 g/mol. The monoisotopic (exact) mass is 226 g/mol. The molecule has 2 heterocycles. The van der Waals surface area contributed by atoms with Crippen LogP contribution < -0.4 is 10.6 Å². The maximum absolute atomic E-state index is 3.51. The molecule has 2 atom stereocenters. The van der Waals surface area contributed by atoms with E-state index in [1.165, 1.54) is 32.6 Å². The Morgan fingerprint density at radius 2 is 1.88 bits per heavy atom. The van der Waals surface area contributed by atoms with Crippen LogP contribution in [-0.4, -0.2) is 75.8 Å². The van der Waals surface area contributed by atoms with E-state index < -0.39 is 0 Å². The number of nitrogens with zero attached hydrogens (tertiary/aromatic N) is 2. The van der Waals surface area contributed by atoms with Crippen LogP contribution in [0.3, 0.4) is 0 Å². The lowest BCUT2D eigenvalue weighted by molar-refractivity contribution is 0.114. The summed E-state index contributed by atoms with van der Waals surface area (Å²) in [6, 6.07) is 0.712. The number of hydrogen-bond acceptors (Lipinski definition) is 4. The molecule has 0 bridgehead atoms. The van der Waals surface area contributed by atoms with Gasteiger partial charge in [-0.25, -0.2) is 0 Å². The maximum Gasteiger partial charge on any atom is 0.0255 e. The average Bonchev–Trinajstić information content (AvgIpc) is 2.31. The van der Waals surface area contributed by atoms with Gasteiger partial charge in [-0.3, -0.25) is 0 Å². The summed E-state index contributed by atoms with van der Waals surface area (Å²) in [5.74, 6) is 0.842. The molecule has 0 aliphatic carbocycles. The Kier molecular flexibility index (Phi) is 4.58. The van der Waals surface area contributed by atoms with Gasteiger partial charge >= 0.3 is 0 Å². The van der Waals surface area contributed by atoms with Gasteiger partial charge in [0.05, 0.1) is 0 Å². The van der Waals surface area contributed by atoms with Crippen LogP contribution in [0.2, 0.25) is 0 Å². The summed E-state index contributed by atoms with van der Waals surface area (Å²) in [5.41, 5.74) is 0. The molecule has 2 aliphatic rings. The van der Waals surface area contributed by atoms with Crippen LogP contribution in [0.4, 0.5) is 0 Å². The summed E-state index contributed by atoms with van der Waals surface area (Å²) in [6.45, 7) is 8.42. The molecule has 2 rings (SSSR count). The number of piperidine rings is 1. The van der Waals surface area contributed by atoms with Gasteiger partial charge in [0.1, 0.15) is 0 Å². The molecule has 0 spiro atoms. The van der Waals surface area contributed by atoms with Gasteiger partial charge in [0.2, 0.25) is 0 Å². The second kappa shape index (κ2) is 5.96. The molecule has 0 aromatic heterocycles. The molecule has 4 heteroatoms. The third-order valence-electron chi connectivity index (χ3n) is 3.96. The molecule has 2 unspecified atom stereocenters. The zero-order valence-electron chi connectivity index (χ0n) is 10.7. The largest absolute Gasteiger partial charge is 0.315 e. The van der Waals surface area contributed by atoms with E-state index in [-0.39, 0.29) is 0 Å². The topological polar surface area (TPSA) is 30.5 Å². The first-order valence-electron chi connectivity index (χ1n) is 6.57. The minimum absolute atomic E-state index is 0.712. The van der Waals surface area contributed by atoms with Crippen molar-refractivity contribution in [3.8, 4) is 0 Å². The molecule has 94 valence electrons. The van der Waals surface area contributed by atoms with Gasteiger partial charge in [-0.05, 0) is 33.0 Å². The number of hydrogen-bond donors (Lipinski definition) is 2. The van der Waals surface area contributed by atoms with Crippen LogP contribution in [0, 0.1) is 5.92 Å². The Labute approximate surface area is 99.4 Å². The lowest BCUT2D eigenvalue weighted by atomic mass is 9.91. The molecule has 0 amide bonds. The van der Waals surface area contributed by atoms with Crippen molar-refractivity contribution in [2.45, 2.75) is 12.5 Å². The molecular formula is C12H26N4. The van der Waals surface area contributed by atoms with Crippen LogP contribution in [0.15, 0.2) is 0 Å². The second-order valence-electron chi connectivity index (χ2n) is 5.33. The van der Waals surface area contributed by atoms with Gasteiger partial charge in [0.25, 0.3) is 0 Å². The van der Waals surface area contributed by atoms with E-state index in [0.29, 0.717) is 6.04 Å². The van der Waals surface area contributed by atoms with Crippen molar-refractivity contribution < 1.29 is 0 Å². The van der Waals surface area contributed by atoms with E-state index in [4.69, 9.17) is 0 Å². The molecule has 2 fully saturated rings. The Morgan fingerprint density at radius 1 is 1.12 bits per heavy atom. The van der Waals surface area contributed by atoms with Crippen molar-refractivity contribution in [3.05, 3.63) is 0 Å². The summed E-state index contributed by atoms with van der Waals surface area (Å²) >= 11 is 0. The standard InChI is InChI=1S/C12H26N4/c1-15(2)12-9-14-4-3-11(12)10-16-7-5-13-6-8-16/h11-14H,3-10H2,1-2H3. The Morgan fingerprint density at radius 3 is 2.56 bits per heavy atom. The Bertz CT molecular complexity index is 201. The lowest BCUT2D eigenvalue weighted by Gasteiger charge is -2.40. The highest BCUT2D eigenvalue weighted by molar-refractivity contribution is 4.86. The Balaban J connectivity index is 1.85. The van der Waals surface area contributed by atoms with Crippen molar-refractivity contribution in [1.82, 2.24) is 20.4 Å². The van der Waals surface area contributed by atoms with Gasteiger partial charge < -0.3 is 20.4 Å². The fraction of sp³-hybridized carbons (Fsp3) is 1.00. The smallest absolute Gasteiger partial charge is 0.0255 e. The summed E-state index contributed by atoms with van der Waals surface area (Å²) in [5, 5.41) is 6.93. The molecule has 0 radical (unpaired) electrons. The van der Waals surface area contributed by atoms with E-state index in [1.54, 1.807) is 0 Å². The van der Waals surface area contributed by atoms with E-state index in [1.807, 2.05) is 0 Å². The lowest BCUT2D eigenvalue weighted by Crippen LogP contribution is -2.54. The zero-order valence-corrected chi connectivity index (χ0v) is 10.7. The van der Waals surface area contributed by atoms with Gasteiger partial charge in [0.15, 0.2) is 0 Å². The minimum atomic E-state index is 0.712. The third kappa shape index (κ3) is 3.17. The molecule has 0 saturated carbocycles. The van der Waals surface area contributed by atoms with Crippen LogP contribution in [-0.2, 0) is 0 Å². The number of nitrogens with one attached hydrogen (secondary N) is 2. The van der Waals surface area contributed by atoms with Crippen molar-refractivity contribution in [3.63, 3.8) is 0 Å². The van der Waals surface area contributed by atoms with Crippen LogP contribution in [0.25, 0.3) is 0 Å². The fourth-order valence-electron chi connectivity index (χ4n) is 2.94. The van der Waals surface area contributed by atoms with Crippen LogP contribution in [0.5, 0.6) is 0 Å². The van der Waals surface area contributed by atoms with Crippen molar-refractivity contribution in [1.29, 1.82) is 0 Å². The highest BCUT2D eigenvalue weighted by atomic mass is 15.2. The molecule has 2 saturated heterocycles. The van der Waals surface area contributed by atoms with E-state index in [0.717, 1.165) is 25.6 Å². The van der Waals surface area contributed by atoms with Gasteiger partial charge in [-0.2, -0.15) is 0 Å². The normalized spacial score (nSPS) is 33.2. The molecule has 16 heavy (non-hydrogen) atoms. The summed E-state index contributed by atoms with van der Waals surface area (Å²) < 4.78 is 0. The van der Waals surface area contributed by atoms with Gasteiger partial charge in [-0.15, -0.1) is 0 Å². The van der Waals surface area contributed by atoms with E-state index >= 15 is 0 Å². The predicted octanol–water partition coefficient (Wildman–Crippen LogP) is -0.569. The second-order valence-corrected chi connectivity index (χ2v) is 5.33. The number of likely N-dealkylation sites (N-methyl/N-ethyl adjacent to an activating group) is 1. The first-order chi connectivity index (χ1) is 7.77. The highest BCUT2D eigenvalue weighted by Gasteiger charge is 2.28. The van der Waals surface area contributed by atoms with Gasteiger partial charge in [-0.1, -0.05) is 0 Å². The highest BCUT2D eigenvalue weighted by Crippen LogP contribution is 2.18. The van der Waals surface area contributed by atoms with E-state index in [9.17, 15) is 0 Å². The molecule has 2 N–H and O–H groups in total. The van der Waals surface area contributed by atoms with Gasteiger partial charge in [0, 0.05) is 45.3 Å². The summed E-state index contributed by atoms with van der Waals surface area (Å²) in [6.07, 6.45) is 1.33. The number of piperazine rings is 1. The predicted molar refractivity (Wildman–Crippen MR) is 67.8 cm³/mol. The van der Waals surface area contributed by atoms with Crippen molar-refractivity contribution in [2.75, 3.05) is 59.9 Å². The summed E-state index contributed by atoms with van der Waals surface area (Å²) in [4.78, 5) is 5.02. The minimum Gasteiger partial charge on any atom is -0.315 e.